The van der Waals surface area contributed by atoms with Gasteiger partial charge in [0.1, 0.15) is 0 Å². The number of nitrogens with zero attached hydrogens (tertiary/aromatic N) is 2. The van der Waals surface area contributed by atoms with Crippen LogP contribution in [0.1, 0.15) is 38.7 Å². The van der Waals surface area contributed by atoms with E-state index in [0.717, 1.165) is 51.4 Å². The first-order valence-corrected chi connectivity index (χ1v) is 9.88. The predicted octanol–water partition coefficient (Wildman–Crippen LogP) is 2.92. The van der Waals surface area contributed by atoms with Crippen LogP contribution in [0.15, 0.2) is 41.4 Å². The fourth-order valence-electron chi connectivity index (χ4n) is 3.19. The molecular weight excluding hydrogens is 324 g/mol. The molecule has 1 atom stereocenters. The number of anilines is 1. The summed E-state index contributed by atoms with van der Waals surface area (Å²) in [6.45, 7) is 8.86. The van der Waals surface area contributed by atoms with Crippen molar-refractivity contribution < 1.29 is 5.11 Å². The minimum atomic E-state index is 0.249. The molecule has 1 unspecified atom stereocenters. The lowest BCUT2D eigenvalue weighted by Crippen LogP contribution is -2.40. The zero-order valence-electron chi connectivity index (χ0n) is 16.2. The number of hydrogen-bond acceptors (Lipinski definition) is 3. The van der Waals surface area contributed by atoms with Crippen LogP contribution in [0.25, 0.3) is 0 Å². The number of aliphatic hydroxyl groups is 1. The second-order valence-corrected chi connectivity index (χ2v) is 6.79. The summed E-state index contributed by atoms with van der Waals surface area (Å²) >= 11 is 0. The van der Waals surface area contributed by atoms with Gasteiger partial charge in [-0.05, 0) is 43.4 Å². The Balaban J connectivity index is 1.88. The van der Waals surface area contributed by atoms with Crippen molar-refractivity contribution >= 4 is 11.6 Å². The maximum absolute atomic E-state index is 9.20. The molecule has 5 nitrogen and oxygen atoms in total. The molecule has 2 rings (SSSR count). The summed E-state index contributed by atoms with van der Waals surface area (Å²) in [7, 11) is 0. The number of aliphatic imine (C=N–C) groups is 1. The third kappa shape index (κ3) is 6.71. The Morgan fingerprint density at radius 1 is 1.12 bits per heavy atom. The summed E-state index contributed by atoms with van der Waals surface area (Å²) < 4.78 is 0. The Morgan fingerprint density at radius 2 is 1.85 bits per heavy atom. The quantitative estimate of drug-likeness (QED) is 0.342. The maximum atomic E-state index is 9.20. The summed E-state index contributed by atoms with van der Waals surface area (Å²) in [6, 6.07) is 8.67. The second kappa shape index (κ2) is 11.6. The van der Waals surface area contributed by atoms with E-state index in [1.54, 1.807) is 0 Å². The van der Waals surface area contributed by atoms with E-state index in [1.165, 1.54) is 11.3 Å². The van der Waals surface area contributed by atoms with Crippen molar-refractivity contribution in [2.45, 2.75) is 39.7 Å². The Morgan fingerprint density at radius 3 is 2.46 bits per heavy atom. The Labute approximate surface area is 158 Å². The van der Waals surface area contributed by atoms with Crippen LogP contribution >= 0.6 is 0 Å². The molecule has 0 bridgehead atoms. The smallest absolute Gasteiger partial charge is 0.191 e. The van der Waals surface area contributed by atoms with Gasteiger partial charge in [0.25, 0.3) is 0 Å². The minimum absolute atomic E-state index is 0.249. The molecule has 0 saturated heterocycles. The highest BCUT2D eigenvalue weighted by atomic mass is 16.3. The van der Waals surface area contributed by atoms with Crippen molar-refractivity contribution in [1.29, 1.82) is 0 Å². The van der Waals surface area contributed by atoms with Crippen molar-refractivity contribution in [3.63, 3.8) is 0 Å². The molecule has 0 amide bonds. The van der Waals surface area contributed by atoms with Crippen molar-refractivity contribution in [3.8, 4) is 0 Å². The van der Waals surface area contributed by atoms with Gasteiger partial charge in [0.05, 0.1) is 6.54 Å². The molecule has 1 aromatic rings. The lowest BCUT2D eigenvalue weighted by atomic mass is 10.0. The number of hydrogen-bond donors (Lipinski definition) is 3. The second-order valence-electron chi connectivity index (χ2n) is 6.79. The van der Waals surface area contributed by atoms with Crippen LogP contribution in [0.5, 0.6) is 0 Å². The fourth-order valence-corrected chi connectivity index (χ4v) is 3.19. The van der Waals surface area contributed by atoms with E-state index in [-0.39, 0.29) is 6.61 Å². The first-order valence-electron chi connectivity index (χ1n) is 9.88. The van der Waals surface area contributed by atoms with Gasteiger partial charge in [-0.2, -0.15) is 0 Å². The molecule has 0 radical (unpaired) electrons. The van der Waals surface area contributed by atoms with Gasteiger partial charge in [-0.15, -0.1) is 0 Å². The monoisotopic (exact) mass is 358 g/mol. The van der Waals surface area contributed by atoms with Gasteiger partial charge >= 0.3 is 0 Å². The van der Waals surface area contributed by atoms with Gasteiger partial charge < -0.3 is 20.6 Å². The van der Waals surface area contributed by atoms with E-state index >= 15 is 0 Å². The molecule has 0 saturated carbocycles. The molecule has 5 heteroatoms. The Kier molecular flexibility index (Phi) is 9.04. The molecule has 3 N–H and O–H groups in total. The zero-order valence-corrected chi connectivity index (χ0v) is 16.2. The lowest BCUT2D eigenvalue weighted by Gasteiger charge is -2.18. The molecule has 1 heterocycles. The first kappa shape index (κ1) is 20.3. The minimum Gasteiger partial charge on any atom is -0.396 e. The number of guanidine groups is 1. The number of aliphatic hydroxyl groups excluding tert-OH is 1. The van der Waals surface area contributed by atoms with Crippen molar-refractivity contribution in [2.24, 2.45) is 10.9 Å². The van der Waals surface area contributed by atoms with Crippen LogP contribution in [0.3, 0.4) is 0 Å². The number of benzene rings is 1. The van der Waals surface area contributed by atoms with Crippen LogP contribution in [0.2, 0.25) is 0 Å². The summed E-state index contributed by atoms with van der Waals surface area (Å²) in [5.74, 6) is 1.33. The van der Waals surface area contributed by atoms with E-state index in [2.05, 4.69) is 65.8 Å². The highest BCUT2D eigenvalue weighted by Gasteiger charge is 2.09. The van der Waals surface area contributed by atoms with Gasteiger partial charge in [0.2, 0.25) is 0 Å². The summed E-state index contributed by atoms with van der Waals surface area (Å²) in [5.41, 5.74) is 2.47. The normalized spacial score (nSPS) is 15.3. The van der Waals surface area contributed by atoms with Gasteiger partial charge in [-0.1, -0.05) is 37.6 Å². The van der Waals surface area contributed by atoms with Crippen LogP contribution in [-0.2, 0) is 6.54 Å². The molecule has 0 aliphatic carbocycles. The highest BCUT2D eigenvalue weighted by molar-refractivity contribution is 5.79. The van der Waals surface area contributed by atoms with E-state index < -0.39 is 0 Å². The van der Waals surface area contributed by atoms with Crippen LogP contribution < -0.4 is 15.5 Å². The van der Waals surface area contributed by atoms with E-state index in [1.807, 2.05) is 0 Å². The van der Waals surface area contributed by atoms with Gasteiger partial charge in [0.15, 0.2) is 5.96 Å². The fraction of sp³-hybridized carbons (Fsp3) is 0.571. The van der Waals surface area contributed by atoms with Crippen LogP contribution in [0, 0.1) is 5.92 Å². The molecule has 0 fully saturated rings. The molecular formula is C21H34N4O. The maximum Gasteiger partial charge on any atom is 0.191 e. The van der Waals surface area contributed by atoms with Gasteiger partial charge in [-0.3, -0.25) is 0 Å². The van der Waals surface area contributed by atoms with Crippen molar-refractivity contribution in [1.82, 2.24) is 10.6 Å². The Bertz CT molecular complexity index is 554. The largest absolute Gasteiger partial charge is 0.396 e. The van der Waals surface area contributed by atoms with E-state index in [9.17, 15) is 5.11 Å². The summed E-state index contributed by atoms with van der Waals surface area (Å²) in [5, 5.41) is 15.9. The van der Waals surface area contributed by atoms with E-state index in [4.69, 9.17) is 4.99 Å². The number of nitrogens with one attached hydrogen (secondary N) is 2. The van der Waals surface area contributed by atoms with Crippen molar-refractivity contribution in [2.75, 3.05) is 37.7 Å². The first-order chi connectivity index (χ1) is 12.8. The molecule has 1 aliphatic heterocycles. The molecule has 0 spiro atoms. The van der Waals surface area contributed by atoms with E-state index in [0.29, 0.717) is 12.5 Å². The van der Waals surface area contributed by atoms with Crippen LogP contribution in [0.4, 0.5) is 5.69 Å². The highest BCUT2D eigenvalue weighted by Crippen LogP contribution is 2.18. The topological polar surface area (TPSA) is 59.9 Å². The lowest BCUT2D eigenvalue weighted by molar-refractivity contribution is 0.251. The number of rotatable bonds is 10. The van der Waals surface area contributed by atoms with Gasteiger partial charge in [-0.25, -0.2) is 4.99 Å². The zero-order chi connectivity index (χ0) is 18.6. The SMILES string of the molecule is CCCC(CCO)CNC(=NCc1ccc(N2CC=CC2)cc1)NCC. The molecule has 0 aromatic heterocycles. The standard InChI is InChI=1S/C21H34N4O/c1-3-7-18(12-15-26)16-23-21(22-4-2)24-17-19-8-10-20(11-9-19)25-13-5-6-14-25/h5-6,8-11,18,26H,3-4,7,12-17H2,1-2H3,(H2,22,23,24). The summed E-state index contributed by atoms with van der Waals surface area (Å²) in [4.78, 5) is 7.05. The predicted molar refractivity (Wildman–Crippen MR) is 111 cm³/mol. The van der Waals surface area contributed by atoms with Crippen LogP contribution in [-0.4, -0.2) is 43.9 Å². The molecule has 26 heavy (non-hydrogen) atoms. The summed E-state index contributed by atoms with van der Waals surface area (Å²) in [6.07, 6.45) is 7.51. The Hall–Kier alpha value is -2.01. The van der Waals surface area contributed by atoms with Gasteiger partial charge in [0, 0.05) is 38.5 Å². The molecule has 144 valence electrons. The molecule has 1 aliphatic rings. The third-order valence-electron chi connectivity index (χ3n) is 4.68. The average molecular weight is 359 g/mol. The molecule has 1 aromatic carbocycles. The third-order valence-corrected chi connectivity index (χ3v) is 4.68. The van der Waals surface area contributed by atoms with Crippen molar-refractivity contribution in [3.05, 3.63) is 42.0 Å². The average Bonchev–Trinajstić information content (AvgIpc) is 3.19.